The van der Waals surface area contributed by atoms with Crippen molar-refractivity contribution in [2.24, 2.45) is 0 Å². The van der Waals surface area contributed by atoms with Crippen LogP contribution in [0.3, 0.4) is 0 Å². The Labute approximate surface area is 151 Å². The molecule has 0 fully saturated rings. The average Bonchev–Trinajstić information content (AvgIpc) is 2.62. The number of non-ortho nitro benzene ring substituents is 1. The van der Waals surface area contributed by atoms with Gasteiger partial charge in [-0.1, -0.05) is 23.7 Å². The van der Waals surface area contributed by atoms with E-state index in [0.717, 1.165) is 10.9 Å². The molecule has 4 rings (SSSR count). The smallest absolute Gasteiger partial charge is 0.258 e. The first-order valence-electron chi connectivity index (χ1n) is 6.96. The molecule has 2 aromatic carbocycles. The summed E-state index contributed by atoms with van der Waals surface area (Å²) >= 11 is 11.4. The minimum Gasteiger partial charge on any atom is -0.258 e. The number of fused-ring (bicyclic) bond motifs is 2. The van der Waals surface area contributed by atoms with E-state index >= 15 is 0 Å². The maximum absolute atomic E-state index is 10.5. The van der Waals surface area contributed by atoms with Crippen LogP contribution in [-0.2, 0) is 0 Å². The third-order valence-corrected chi connectivity index (χ3v) is 3.72. The van der Waals surface area contributed by atoms with E-state index in [4.69, 9.17) is 23.2 Å². The number of hydrogen-bond acceptors (Lipinski definition) is 6. The van der Waals surface area contributed by atoms with Crippen molar-refractivity contribution < 1.29 is 4.92 Å². The standard InChI is InChI=1S/C8H4ClN3O2.C8H5ClN2/c9-8-10-4-5-3-6(12(13)14)1-2-7(5)11-8;9-8-6-3-1-2-4-7(6)10-5-11-8/h1-4H;1-5H. The second-order valence-corrected chi connectivity index (χ2v) is 5.52. The molecule has 2 heterocycles. The minimum absolute atomic E-state index is 0.0171. The summed E-state index contributed by atoms with van der Waals surface area (Å²) in [4.78, 5) is 25.5. The van der Waals surface area contributed by atoms with E-state index in [-0.39, 0.29) is 11.0 Å². The van der Waals surface area contributed by atoms with Gasteiger partial charge in [-0.05, 0) is 29.8 Å². The lowest BCUT2D eigenvalue weighted by atomic mass is 10.2. The van der Waals surface area contributed by atoms with E-state index in [1.807, 2.05) is 24.3 Å². The van der Waals surface area contributed by atoms with E-state index in [2.05, 4.69) is 19.9 Å². The molecule has 25 heavy (non-hydrogen) atoms. The highest BCUT2D eigenvalue weighted by atomic mass is 35.5. The zero-order chi connectivity index (χ0) is 17.8. The molecule has 9 heteroatoms. The van der Waals surface area contributed by atoms with Crippen LogP contribution in [0.1, 0.15) is 0 Å². The van der Waals surface area contributed by atoms with Gasteiger partial charge in [0, 0.05) is 29.1 Å². The number of para-hydroxylation sites is 1. The van der Waals surface area contributed by atoms with Gasteiger partial charge < -0.3 is 0 Å². The number of hydrogen-bond donors (Lipinski definition) is 0. The number of nitrogens with zero attached hydrogens (tertiary/aromatic N) is 5. The highest BCUT2D eigenvalue weighted by Crippen LogP contribution is 2.19. The Morgan fingerprint density at radius 1 is 0.960 bits per heavy atom. The Morgan fingerprint density at radius 3 is 2.52 bits per heavy atom. The fourth-order valence-electron chi connectivity index (χ4n) is 2.08. The molecule has 0 aliphatic rings. The number of aromatic nitrogens is 4. The van der Waals surface area contributed by atoms with Crippen LogP contribution in [0.4, 0.5) is 5.69 Å². The third-order valence-electron chi connectivity index (χ3n) is 3.24. The van der Waals surface area contributed by atoms with E-state index in [1.54, 1.807) is 6.07 Å². The van der Waals surface area contributed by atoms with Crippen LogP contribution in [0.2, 0.25) is 10.4 Å². The summed E-state index contributed by atoms with van der Waals surface area (Å²) in [6.45, 7) is 0. The third kappa shape index (κ3) is 3.96. The first kappa shape index (κ1) is 16.9. The van der Waals surface area contributed by atoms with Crippen molar-refractivity contribution in [1.82, 2.24) is 19.9 Å². The normalized spacial score (nSPS) is 10.3. The molecule has 0 saturated carbocycles. The number of halogens is 2. The molecule has 0 saturated heterocycles. The van der Waals surface area contributed by atoms with Crippen LogP contribution in [0, 0.1) is 10.1 Å². The van der Waals surface area contributed by atoms with Crippen molar-refractivity contribution in [3.63, 3.8) is 0 Å². The van der Waals surface area contributed by atoms with Gasteiger partial charge in [0.15, 0.2) is 0 Å². The molecule has 7 nitrogen and oxygen atoms in total. The Hall–Kier alpha value is -2.90. The van der Waals surface area contributed by atoms with Crippen molar-refractivity contribution in [2.75, 3.05) is 0 Å². The highest BCUT2D eigenvalue weighted by Gasteiger charge is 2.06. The molecule has 2 aromatic heterocycles. The van der Waals surface area contributed by atoms with Crippen LogP contribution in [-0.4, -0.2) is 24.9 Å². The van der Waals surface area contributed by atoms with Gasteiger partial charge in [0.1, 0.15) is 11.5 Å². The monoisotopic (exact) mass is 373 g/mol. The summed E-state index contributed by atoms with van der Waals surface area (Å²) in [6, 6.07) is 12.0. The SMILES string of the molecule is Clc1ncnc2ccccc12.O=[N+]([O-])c1ccc2nc(Cl)ncc2c1. The fourth-order valence-corrected chi connectivity index (χ4v) is 2.43. The van der Waals surface area contributed by atoms with E-state index in [0.29, 0.717) is 16.1 Å². The quantitative estimate of drug-likeness (QED) is 0.211. The summed E-state index contributed by atoms with van der Waals surface area (Å²) in [5, 5.41) is 12.6. The molecule has 0 aliphatic heterocycles. The first-order chi connectivity index (χ1) is 12.0. The predicted molar refractivity (Wildman–Crippen MR) is 95.8 cm³/mol. The Balaban J connectivity index is 0.000000150. The summed E-state index contributed by atoms with van der Waals surface area (Å²) in [7, 11) is 0. The molecule has 0 spiro atoms. The van der Waals surface area contributed by atoms with E-state index in [9.17, 15) is 10.1 Å². The summed E-state index contributed by atoms with van der Waals surface area (Å²) in [6.07, 6.45) is 2.92. The van der Waals surface area contributed by atoms with Crippen LogP contribution >= 0.6 is 23.2 Å². The number of nitro benzene ring substituents is 1. The van der Waals surface area contributed by atoms with Crippen molar-refractivity contribution >= 4 is 50.7 Å². The van der Waals surface area contributed by atoms with Crippen LogP contribution in [0.5, 0.6) is 0 Å². The molecule has 0 aliphatic carbocycles. The number of nitro groups is 1. The maximum atomic E-state index is 10.5. The lowest BCUT2D eigenvalue weighted by Crippen LogP contribution is -1.89. The molecule has 0 N–H and O–H groups in total. The van der Waals surface area contributed by atoms with Gasteiger partial charge in [-0.3, -0.25) is 10.1 Å². The molecule has 0 bridgehead atoms. The lowest BCUT2D eigenvalue weighted by molar-refractivity contribution is -0.384. The van der Waals surface area contributed by atoms with Crippen LogP contribution in [0.15, 0.2) is 55.0 Å². The Kier molecular flexibility index (Phi) is 4.97. The van der Waals surface area contributed by atoms with E-state index < -0.39 is 4.92 Å². The Bertz CT molecular complexity index is 1070. The summed E-state index contributed by atoms with van der Waals surface area (Å²) in [5.41, 5.74) is 1.49. The number of benzene rings is 2. The van der Waals surface area contributed by atoms with Crippen LogP contribution < -0.4 is 0 Å². The zero-order valence-corrected chi connectivity index (χ0v) is 14.0. The molecule has 124 valence electrons. The molecule has 0 radical (unpaired) electrons. The van der Waals surface area contributed by atoms with Crippen molar-refractivity contribution in [3.05, 3.63) is 75.5 Å². The summed E-state index contributed by atoms with van der Waals surface area (Å²) < 4.78 is 0. The fraction of sp³-hybridized carbons (Fsp3) is 0. The molecule has 0 atom stereocenters. The van der Waals surface area contributed by atoms with Gasteiger partial charge in [-0.25, -0.2) is 19.9 Å². The second-order valence-electron chi connectivity index (χ2n) is 4.82. The second kappa shape index (κ2) is 7.33. The molecular formula is C16H9Cl2N5O2. The van der Waals surface area contributed by atoms with Crippen LogP contribution in [0.25, 0.3) is 21.8 Å². The number of rotatable bonds is 1. The maximum Gasteiger partial charge on any atom is 0.270 e. The van der Waals surface area contributed by atoms with Gasteiger partial charge in [0.2, 0.25) is 5.28 Å². The van der Waals surface area contributed by atoms with Crippen molar-refractivity contribution in [2.45, 2.75) is 0 Å². The largest absolute Gasteiger partial charge is 0.270 e. The van der Waals surface area contributed by atoms with Crippen molar-refractivity contribution in [1.29, 1.82) is 0 Å². The minimum atomic E-state index is -0.464. The topological polar surface area (TPSA) is 94.7 Å². The predicted octanol–water partition coefficient (Wildman–Crippen LogP) is 4.47. The Morgan fingerprint density at radius 2 is 1.76 bits per heavy atom. The van der Waals surface area contributed by atoms with Gasteiger partial charge in [0.25, 0.3) is 5.69 Å². The van der Waals surface area contributed by atoms with Gasteiger partial charge in [0.05, 0.1) is 16.0 Å². The summed E-state index contributed by atoms with van der Waals surface area (Å²) in [5.74, 6) is 0. The van der Waals surface area contributed by atoms with Gasteiger partial charge in [-0.2, -0.15) is 0 Å². The average molecular weight is 374 g/mol. The highest BCUT2D eigenvalue weighted by molar-refractivity contribution is 6.33. The molecule has 0 amide bonds. The van der Waals surface area contributed by atoms with Gasteiger partial charge >= 0.3 is 0 Å². The van der Waals surface area contributed by atoms with Crippen molar-refractivity contribution in [3.8, 4) is 0 Å². The first-order valence-corrected chi connectivity index (χ1v) is 7.72. The molecule has 4 aromatic rings. The zero-order valence-electron chi connectivity index (χ0n) is 12.5. The van der Waals surface area contributed by atoms with E-state index in [1.165, 1.54) is 24.7 Å². The van der Waals surface area contributed by atoms with Gasteiger partial charge in [-0.15, -0.1) is 0 Å². The molecule has 0 unspecified atom stereocenters. The molecular weight excluding hydrogens is 365 g/mol. The lowest BCUT2D eigenvalue weighted by Gasteiger charge is -1.96.